The summed E-state index contributed by atoms with van der Waals surface area (Å²) in [6, 6.07) is 8.05. The van der Waals surface area contributed by atoms with Gasteiger partial charge in [-0.25, -0.2) is 4.68 Å². The van der Waals surface area contributed by atoms with Gasteiger partial charge in [-0.1, -0.05) is 0 Å². The molecule has 27 heavy (non-hydrogen) atoms. The fraction of sp³-hybridized carbons (Fsp3) is 0.333. The molecule has 3 rings (SSSR count). The first-order valence-electron chi connectivity index (χ1n) is 9.07. The first kappa shape index (κ1) is 18.8. The van der Waals surface area contributed by atoms with Gasteiger partial charge in [-0.3, -0.25) is 4.79 Å². The Morgan fingerprint density at radius 3 is 2.78 bits per heavy atom. The van der Waals surface area contributed by atoms with Crippen LogP contribution >= 0.6 is 0 Å². The summed E-state index contributed by atoms with van der Waals surface area (Å²) in [5.41, 5.74) is 3.20. The zero-order chi connectivity index (χ0) is 19.6. The lowest BCUT2D eigenvalue weighted by Crippen LogP contribution is -2.23. The standard InChI is InChI=1S/C21H26N4O2/c1-15(2)25-20(10-11-22-25)24-16(3)13-18(17(24)4)8-9-21(26)23(5)14-19-7-6-12-27-19/h6-13,15H,14H2,1-5H3. The largest absolute Gasteiger partial charge is 0.467 e. The van der Waals surface area contributed by atoms with Crippen LogP contribution in [0.3, 0.4) is 0 Å². The lowest BCUT2D eigenvalue weighted by molar-refractivity contribution is -0.125. The molecule has 142 valence electrons. The van der Waals surface area contributed by atoms with E-state index in [1.165, 1.54) is 0 Å². The van der Waals surface area contributed by atoms with Gasteiger partial charge in [0.15, 0.2) is 0 Å². The lowest BCUT2D eigenvalue weighted by atomic mass is 10.2. The van der Waals surface area contributed by atoms with Gasteiger partial charge in [-0.2, -0.15) is 5.10 Å². The molecule has 0 spiro atoms. The molecule has 0 aliphatic rings. The minimum atomic E-state index is -0.0663. The van der Waals surface area contributed by atoms with Crippen LogP contribution in [0.4, 0.5) is 0 Å². The van der Waals surface area contributed by atoms with Crippen molar-refractivity contribution in [2.45, 2.75) is 40.3 Å². The molecular formula is C21H26N4O2. The number of amides is 1. The zero-order valence-corrected chi connectivity index (χ0v) is 16.5. The van der Waals surface area contributed by atoms with E-state index < -0.39 is 0 Å². The SMILES string of the molecule is Cc1cc(C=CC(=O)N(C)Cc2ccco2)c(C)n1-c1ccnn1C(C)C. The van der Waals surface area contributed by atoms with E-state index in [2.05, 4.69) is 43.4 Å². The predicted octanol–water partition coefficient (Wildman–Crippen LogP) is 4.14. The predicted molar refractivity (Wildman–Crippen MR) is 106 cm³/mol. The molecule has 3 aromatic rings. The average Bonchev–Trinajstić information content (AvgIpc) is 3.34. The summed E-state index contributed by atoms with van der Waals surface area (Å²) in [4.78, 5) is 14.0. The Balaban J connectivity index is 1.81. The van der Waals surface area contributed by atoms with E-state index in [1.54, 1.807) is 24.3 Å². The van der Waals surface area contributed by atoms with Gasteiger partial charge in [0.1, 0.15) is 11.6 Å². The Bertz CT molecular complexity index is 945. The first-order chi connectivity index (χ1) is 12.9. The van der Waals surface area contributed by atoms with Crippen molar-refractivity contribution in [2.75, 3.05) is 7.05 Å². The molecule has 0 unspecified atom stereocenters. The van der Waals surface area contributed by atoms with Crippen LogP contribution in [-0.2, 0) is 11.3 Å². The zero-order valence-electron chi connectivity index (χ0n) is 16.5. The Kier molecular flexibility index (Phi) is 5.35. The van der Waals surface area contributed by atoms with Crippen molar-refractivity contribution in [1.29, 1.82) is 0 Å². The summed E-state index contributed by atoms with van der Waals surface area (Å²) in [6.45, 7) is 8.79. The van der Waals surface area contributed by atoms with Crippen molar-refractivity contribution in [3.63, 3.8) is 0 Å². The lowest BCUT2D eigenvalue weighted by Gasteiger charge is -2.15. The molecule has 0 N–H and O–H groups in total. The average molecular weight is 366 g/mol. The van der Waals surface area contributed by atoms with Gasteiger partial charge in [-0.15, -0.1) is 0 Å². The highest BCUT2D eigenvalue weighted by Gasteiger charge is 2.15. The van der Waals surface area contributed by atoms with E-state index in [0.717, 1.165) is 28.5 Å². The number of rotatable bonds is 6. The molecule has 0 saturated heterocycles. The number of furan rings is 1. The Labute approximate surface area is 159 Å². The molecule has 3 aromatic heterocycles. The Hall–Kier alpha value is -3.02. The number of hydrogen-bond acceptors (Lipinski definition) is 3. The second-order valence-electron chi connectivity index (χ2n) is 7.00. The van der Waals surface area contributed by atoms with Crippen LogP contribution in [-0.4, -0.2) is 32.2 Å². The van der Waals surface area contributed by atoms with E-state index >= 15 is 0 Å². The highest BCUT2D eigenvalue weighted by atomic mass is 16.3. The minimum absolute atomic E-state index is 0.0663. The molecule has 0 radical (unpaired) electrons. The van der Waals surface area contributed by atoms with Crippen LogP contribution in [0.5, 0.6) is 0 Å². The van der Waals surface area contributed by atoms with Gasteiger partial charge in [0.2, 0.25) is 5.91 Å². The molecule has 6 heteroatoms. The second-order valence-corrected chi connectivity index (χ2v) is 7.00. The maximum Gasteiger partial charge on any atom is 0.246 e. The fourth-order valence-electron chi connectivity index (χ4n) is 3.19. The van der Waals surface area contributed by atoms with Crippen LogP contribution in [0.1, 0.15) is 42.6 Å². The molecule has 0 aromatic carbocycles. The van der Waals surface area contributed by atoms with E-state index in [-0.39, 0.29) is 11.9 Å². The summed E-state index contributed by atoms with van der Waals surface area (Å²) in [7, 11) is 1.76. The minimum Gasteiger partial charge on any atom is -0.467 e. The van der Waals surface area contributed by atoms with Gasteiger partial charge in [-0.05, 0) is 57.5 Å². The maximum absolute atomic E-state index is 12.4. The summed E-state index contributed by atoms with van der Waals surface area (Å²) in [5, 5.41) is 4.42. The van der Waals surface area contributed by atoms with E-state index in [4.69, 9.17) is 4.42 Å². The first-order valence-corrected chi connectivity index (χ1v) is 9.07. The molecule has 0 aliphatic heterocycles. The molecule has 0 fully saturated rings. The summed E-state index contributed by atoms with van der Waals surface area (Å²) < 4.78 is 9.46. The summed E-state index contributed by atoms with van der Waals surface area (Å²) in [6.07, 6.45) is 6.90. The van der Waals surface area contributed by atoms with E-state index in [1.807, 2.05) is 35.2 Å². The number of nitrogens with zero attached hydrogens (tertiary/aromatic N) is 4. The molecule has 0 bridgehead atoms. The number of aromatic nitrogens is 3. The summed E-state index contributed by atoms with van der Waals surface area (Å²) in [5.74, 6) is 1.73. The highest BCUT2D eigenvalue weighted by molar-refractivity contribution is 5.91. The molecule has 0 saturated carbocycles. The Morgan fingerprint density at radius 1 is 1.33 bits per heavy atom. The van der Waals surface area contributed by atoms with Gasteiger partial charge >= 0.3 is 0 Å². The van der Waals surface area contributed by atoms with Crippen molar-refractivity contribution in [2.24, 2.45) is 0 Å². The summed E-state index contributed by atoms with van der Waals surface area (Å²) >= 11 is 0. The maximum atomic E-state index is 12.4. The number of carbonyl (C=O) groups excluding carboxylic acids is 1. The third-order valence-corrected chi connectivity index (χ3v) is 4.59. The Morgan fingerprint density at radius 2 is 2.11 bits per heavy atom. The van der Waals surface area contributed by atoms with Crippen molar-refractivity contribution in [3.8, 4) is 5.82 Å². The van der Waals surface area contributed by atoms with Crippen molar-refractivity contribution in [3.05, 3.63) is 65.5 Å². The van der Waals surface area contributed by atoms with E-state index in [0.29, 0.717) is 6.54 Å². The smallest absolute Gasteiger partial charge is 0.246 e. The number of carbonyl (C=O) groups is 1. The van der Waals surface area contributed by atoms with Gasteiger partial charge in [0, 0.05) is 36.6 Å². The van der Waals surface area contributed by atoms with Crippen LogP contribution in [0.15, 0.2) is 47.2 Å². The van der Waals surface area contributed by atoms with Crippen molar-refractivity contribution < 1.29 is 9.21 Å². The molecular weight excluding hydrogens is 340 g/mol. The molecule has 3 heterocycles. The van der Waals surface area contributed by atoms with Crippen molar-refractivity contribution >= 4 is 12.0 Å². The van der Waals surface area contributed by atoms with Crippen LogP contribution in [0.2, 0.25) is 0 Å². The van der Waals surface area contributed by atoms with Crippen LogP contribution < -0.4 is 0 Å². The van der Waals surface area contributed by atoms with E-state index in [9.17, 15) is 4.79 Å². The van der Waals surface area contributed by atoms with Crippen LogP contribution in [0, 0.1) is 13.8 Å². The fourth-order valence-corrected chi connectivity index (χ4v) is 3.19. The quantitative estimate of drug-likeness (QED) is 0.616. The number of aryl methyl sites for hydroxylation is 1. The molecule has 6 nitrogen and oxygen atoms in total. The van der Waals surface area contributed by atoms with Gasteiger partial charge in [0.25, 0.3) is 0 Å². The number of hydrogen-bond donors (Lipinski definition) is 0. The van der Waals surface area contributed by atoms with Crippen molar-refractivity contribution in [1.82, 2.24) is 19.2 Å². The van der Waals surface area contributed by atoms with Crippen LogP contribution in [0.25, 0.3) is 11.9 Å². The number of likely N-dealkylation sites (N-methyl/N-ethyl adjacent to an activating group) is 1. The molecule has 0 atom stereocenters. The second kappa shape index (κ2) is 7.70. The monoisotopic (exact) mass is 366 g/mol. The topological polar surface area (TPSA) is 56.2 Å². The molecule has 0 aliphatic carbocycles. The highest BCUT2D eigenvalue weighted by Crippen LogP contribution is 2.23. The van der Waals surface area contributed by atoms with Gasteiger partial charge < -0.3 is 13.9 Å². The third kappa shape index (κ3) is 3.89. The normalized spacial score (nSPS) is 11.6. The third-order valence-electron chi connectivity index (χ3n) is 4.59. The molecule has 1 amide bonds. The van der Waals surface area contributed by atoms with Gasteiger partial charge in [0.05, 0.1) is 19.0 Å².